The molecule has 1 saturated heterocycles. The van der Waals surface area contributed by atoms with E-state index in [9.17, 15) is 9.18 Å². The minimum Gasteiger partial charge on any atom is -0.497 e. The lowest BCUT2D eigenvalue weighted by molar-refractivity contribution is -0.174. The predicted octanol–water partition coefficient (Wildman–Crippen LogP) is 4.32. The summed E-state index contributed by atoms with van der Waals surface area (Å²) in [7, 11) is 1.63. The number of carbonyl (C=O) groups is 1. The predicted molar refractivity (Wildman–Crippen MR) is 107 cm³/mol. The van der Waals surface area contributed by atoms with Crippen molar-refractivity contribution in [1.82, 2.24) is 4.90 Å². The second-order valence-electron chi connectivity index (χ2n) is 7.27. The quantitative estimate of drug-likeness (QED) is 0.604. The van der Waals surface area contributed by atoms with Crippen molar-refractivity contribution < 1.29 is 18.7 Å². The molecule has 0 saturated carbocycles. The maximum atomic E-state index is 14.4. The van der Waals surface area contributed by atoms with Crippen molar-refractivity contribution in [2.24, 2.45) is 0 Å². The molecule has 0 atom stereocenters. The lowest BCUT2D eigenvalue weighted by atomic mass is 9.84. The Bertz CT molecular complexity index is 785. The van der Waals surface area contributed by atoms with Crippen LogP contribution < -0.4 is 4.74 Å². The third-order valence-corrected chi connectivity index (χ3v) is 5.27. The number of likely N-dealkylation sites (tertiary alicyclic amines) is 1. The van der Waals surface area contributed by atoms with Crippen LogP contribution in [0.4, 0.5) is 4.39 Å². The Morgan fingerprint density at radius 2 is 1.86 bits per heavy atom. The molecule has 1 amide bonds. The summed E-state index contributed by atoms with van der Waals surface area (Å²) in [6.45, 7) is 3.46. The maximum absolute atomic E-state index is 14.4. The van der Waals surface area contributed by atoms with Crippen molar-refractivity contribution in [3.63, 3.8) is 0 Å². The average molecular weight is 385 g/mol. The Kier molecular flexibility index (Phi) is 6.68. The summed E-state index contributed by atoms with van der Waals surface area (Å²) in [6, 6.07) is 14.4. The highest BCUT2D eigenvalue weighted by molar-refractivity contribution is 5.78. The van der Waals surface area contributed by atoms with Gasteiger partial charge in [0.25, 0.3) is 0 Å². The molecule has 0 N–H and O–H groups in total. The largest absolute Gasteiger partial charge is 0.497 e. The molecule has 3 rings (SSSR count). The molecule has 1 fully saturated rings. The van der Waals surface area contributed by atoms with Gasteiger partial charge in [-0.2, -0.15) is 0 Å². The number of amides is 1. The first kappa shape index (κ1) is 20.3. The van der Waals surface area contributed by atoms with Crippen LogP contribution in [0.25, 0.3) is 0 Å². The van der Waals surface area contributed by atoms with Crippen molar-refractivity contribution in [2.75, 3.05) is 26.8 Å². The van der Waals surface area contributed by atoms with Gasteiger partial charge in [0.2, 0.25) is 5.91 Å². The fraction of sp³-hybridized carbons (Fsp3) is 0.435. The van der Waals surface area contributed by atoms with Gasteiger partial charge in [0.1, 0.15) is 17.2 Å². The van der Waals surface area contributed by atoms with E-state index >= 15 is 0 Å². The zero-order chi connectivity index (χ0) is 20.0. The lowest BCUT2D eigenvalue weighted by Gasteiger charge is -2.50. The van der Waals surface area contributed by atoms with E-state index in [0.29, 0.717) is 38.1 Å². The number of benzene rings is 2. The summed E-state index contributed by atoms with van der Waals surface area (Å²) in [5.74, 6) is 0.600. The second-order valence-corrected chi connectivity index (χ2v) is 7.27. The maximum Gasteiger partial charge on any atom is 0.223 e. The van der Waals surface area contributed by atoms with Crippen molar-refractivity contribution in [3.8, 4) is 5.75 Å². The molecule has 0 spiro atoms. The van der Waals surface area contributed by atoms with Crippen molar-refractivity contribution in [3.05, 3.63) is 65.5 Å². The van der Waals surface area contributed by atoms with Gasteiger partial charge in [0, 0.05) is 18.6 Å². The van der Waals surface area contributed by atoms with Crippen LogP contribution in [0.3, 0.4) is 0 Å². The van der Waals surface area contributed by atoms with Gasteiger partial charge in [-0.3, -0.25) is 4.79 Å². The summed E-state index contributed by atoms with van der Waals surface area (Å²) in [5, 5.41) is 0. The van der Waals surface area contributed by atoms with Gasteiger partial charge in [-0.15, -0.1) is 0 Å². The molecule has 28 heavy (non-hydrogen) atoms. The Hall–Kier alpha value is -2.40. The number of hydrogen-bond donors (Lipinski definition) is 0. The summed E-state index contributed by atoms with van der Waals surface area (Å²) >= 11 is 0. The molecule has 150 valence electrons. The molecule has 4 nitrogen and oxygen atoms in total. The normalized spacial score (nSPS) is 15.2. The molecule has 2 aromatic rings. The van der Waals surface area contributed by atoms with Gasteiger partial charge < -0.3 is 14.4 Å². The molecule has 0 aliphatic carbocycles. The third-order valence-electron chi connectivity index (χ3n) is 5.27. The lowest BCUT2D eigenvalue weighted by Crippen LogP contribution is -2.63. The number of hydrogen-bond acceptors (Lipinski definition) is 3. The third kappa shape index (κ3) is 4.53. The molecule has 1 aliphatic rings. The average Bonchev–Trinajstić information content (AvgIpc) is 2.69. The number of rotatable bonds is 9. The van der Waals surface area contributed by atoms with Gasteiger partial charge in [-0.25, -0.2) is 4.39 Å². The number of carbonyl (C=O) groups excluding carboxylic acids is 1. The number of aryl methyl sites for hydroxylation is 1. The van der Waals surface area contributed by atoms with Gasteiger partial charge in [-0.1, -0.05) is 43.7 Å². The molecule has 0 bridgehead atoms. The number of nitrogens with zero attached hydrogens (tertiary/aromatic N) is 1. The minimum atomic E-state index is -0.726. The van der Waals surface area contributed by atoms with E-state index < -0.39 is 5.60 Å². The number of ether oxygens (including phenoxy) is 2. The van der Waals surface area contributed by atoms with Crippen LogP contribution in [0.5, 0.6) is 5.75 Å². The molecule has 0 unspecified atom stereocenters. The van der Waals surface area contributed by atoms with Gasteiger partial charge in [0.05, 0.1) is 20.2 Å². The van der Waals surface area contributed by atoms with Crippen LogP contribution in [0.2, 0.25) is 0 Å². The second kappa shape index (κ2) is 9.20. The molecular formula is C23H28FNO3. The van der Waals surface area contributed by atoms with Crippen LogP contribution in [0, 0.1) is 5.82 Å². The molecule has 1 heterocycles. The Morgan fingerprint density at radius 1 is 1.14 bits per heavy atom. The zero-order valence-electron chi connectivity index (χ0n) is 16.6. The fourth-order valence-electron chi connectivity index (χ4n) is 3.53. The standard InChI is InChI=1S/C23H28FNO3/c1-3-4-15-28-23(20-7-5-6-8-21(20)24)16-25(17-23)22(26)14-11-18-9-12-19(27-2)13-10-18/h5-10,12-13H,3-4,11,14-17H2,1-2H3. The SMILES string of the molecule is CCCCOC1(c2ccccc2F)CN(C(=O)CCc2ccc(OC)cc2)C1. The summed E-state index contributed by atoms with van der Waals surface area (Å²) in [4.78, 5) is 14.4. The minimum absolute atomic E-state index is 0.0712. The summed E-state index contributed by atoms with van der Waals surface area (Å²) < 4.78 is 25.6. The molecule has 0 radical (unpaired) electrons. The zero-order valence-corrected chi connectivity index (χ0v) is 16.6. The highest BCUT2D eigenvalue weighted by Gasteiger charge is 2.48. The summed E-state index contributed by atoms with van der Waals surface area (Å²) in [5.41, 5.74) is 0.913. The molecule has 5 heteroatoms. The van der Waals surface area contributed by atoms with Gasteiger partial charge in [-0.05, 0) is 36.6 Å². The van der Waals surface area contributed by atoms with E-state index in [2.05, 4.69) is 6.92 Å². The van der Waals surface area contributed by atoms with E-state index in [1.165, 1.54) is 6.07 Å². The first-order valence-corrected chi connectivity index (χ1v) is 9.87. The van der Waals surface area contributed by atoms with E-state index in [1.54, 1.807) is 24.1 Å². The van der Waals surface area contributed by atoms with Crippen LogP contribution >= 0.6 is 0 Å². The smallest absolute Gasteiger partial charge is 0.223 e. The molecule has 0 aromatic heterocycles. The Balaban J connectivity index is 1.60. The van der Waals surface area contributed by atoms with Crippen molar-refractivity contribution >= 4 is 5.91 Å². The van der Waals surface area contributed by atoms with E-state index in [0.717, 1.165) is 24.2 Å². The molecule has 1 aliphatic heterocycles. The van der Waals surface area contributed by atoms with Crippen LogP contribution in [-0.2, 0) is 21.6 Å². The molecule has 2 aromatic carbocycles. The number of halogens is 1. The van der Waals surface area contributed by atoms with Crippen LogP contribution in [0.15, 0.2) is 48.5 Å². The van der Waals surface area contributed by atoms with Crippen molar-refractivity contribution in [1.29, 1.82) is 0 Å². The first-order valence-electron chi connectivity index (χ1n) is 9.87. The number of methoxy groups -OCH3 is 1. The van der Waals surface area contributed by atoms with Crippen LogP contribution in [-0.4, -0.2) is 37.6 Å². The van der Waals surface area contributed by atoms with E-state index in [1.807, 2.05) is 30.3 Å². The first-order chi connectivity index (χ1) is 13.6. The van der Waals surface area contributed by atoms with Gasteiger partial charge >= 0.3 is 0 Å². The van der Waals surface area contributed by atoms with Crippen LogP contribution in [0.1, 0.15) is 37.3 Å². The monoisotopic (exact) mass is 385 g/mol. The molecular weight excluding hydrogens is 357 g/mol. The number of unbranched alkanes of at least 4 members (excludes halogenated alkanes) is 1. The Morgan fingerprint density at radius 3 is 2.50 bits per heavy atom. The summed E-state index contributed by atoms with van der Waals surface area (Å²) in [6.07, 6.45) is 3.02. The fourth-order valence-corrected chi connectivity index (χ4v) is 3.53. The highest BCUT2D eigenvalue weighted by Crippen LogP contribution is 2.38. The van der Waals surface area contributed by atoms with E-state index in [4.69, 9.17) is 9.47 Å². The Labute approximate surface area is 166 Å². The van der Waals surface area contributed by atoms with E-state index in [-0.39, 0.29) is 11.7 Å². The topological polar surface area (TPSA) is 38.8 Å². The highest BCUT2D eigenvalue weighted by atomic mass is 19.1. The van der Waals surface area contributed by atoms with Crippen molar-refractivity contribution in [2.45, 2.75) is 38.2 Å². The van der Waals surface area contributed by atoms with Gasteiger partial charge in [0.15, 0.2) is 0 Å².